The molecule has 2 N–H and O–H groups in total. The molecule has 0 aliphatic heterocycles. The maximum atomic E-state index is 12.4. The number of carbonyl (C=O) groups excluding carboxylic acids is 1. The van der Waals surface area contributed by atoms with Gasteiger partial charge in [-0.05, 0) is 54.7 Å². The highest BCUT2D eigenvalue weighted by molar-refractivity contribution is 7.80. The second-order valence-electron chi connectivity index (χ2n) is 6.18. The Bertz CT molecular complexity index is 1250. The first-order valence-electron chi connectivity index (χ1n) is 8.83. The van der Waals surface area contributed by atoms with Crippen molar-refractivity contribution in [2.75, 3.05) is 5.32 Å². The second kappa shape index (κ2) is 8.65. The van der Waals surface area contributed by atoms with E-state index in [4.69, 9.17) is 35.4 Å². The second-order valence-corrected chi connectivity index (χ2v) is 8.39. The Labute approximate surface area is 191 Å². The minimum absolute atomic E-state index is 0.148. The molecular weight excluding hydrogens is 463 g/mol. The SMILES string of the molecule is CCc1nnc2sc(-c3ccc(NC(=S)NC(=O)c4cc(Cl)ccc4Cl)cc3)nn12. The summed E-state index contributed by atoms with van der Waals surface area (Å²) in [6.45, 7) is 2.01. The Balaban J connectivity index is 1.43. The normalized spacial score (nSPS) is 10.9. The van der Waals surface area contributed by atoms with Gasteiger partial charge in [-0.15, -0.1) is 10.2 Å². The number of nitrogens with zero attached hydrogens (tertiary/aromatic N) is 4. The van der Waals surface area contributed by atoms with Crippen molar-refractivity contribution in [2.24, 2.45) is 0 Å². The number of amides is 1. The van der Waals surface area contributed by atoms with Gasteiger partial charge >= 0.3 is 0 Å². The van der Waals surface area contributed by atoms with Crippen LogP contribution in [0, 0.1) is 0 Å². The first kappa shape index (κ1) is 20.7. The highest BCUT2D eigenvalue weighted by atomic mass is 35.5. The third-order valence-corrected chi connectivity index (χ3v) is 5.88. The Morgan fingerprint density at radius 3 is 2.67 bits per heavy atom. The van der Waals surface area contributed by atoms with Crippen LogP contribution in [0.4, 0.5) is 5.69 Å². The molecule has 30 heavy (non-hydrogen) atoms. The fourth-order valence-electron chi connectivity index (χ4n) is 2.70. The molecule has 0 saturated heterocycles. The zero-order valence-corrected chi connectivity index (χ0v) is 18.7. The molecule has 2 aromatic carbocycles. The molecule has 1 amide bonds. The third-order valence-electron chi connectivity index (χ3n) is 4.16. The quantitative estimate of drug-likeness (QED) is 0.409. The van der Waals surface area contributed by atoms with E-state index < -0.39 is 5.91 Å². The zero-order chi connectivity index (χ0) is 21.3. The van der Waals surface area contributed by atoms with E-state index in [2.05, 4.69) is 25.9 Å². The first-order chi connectivity index (χ1) is 14.4. The highest BCUT2D eigenvalue weighted by Gasteiger charge is 2.14. The molecule has 0 saturated carbocycles. The van der Waals surface area contributed by atoms with Crippen LogP contribution in [-0.4, -0.2) is 30.8 Å². The van der Waals surface area contributed by atoms with Crippen molar-refractivity contribution in [3.63, 3.8) is 0 Å². The molecule has 2 aromatic heterocycles. The lowest BCUT2D eigenvalue weighted by Gasteiger charge is -2.11. The molecule has 0 radical (unpaired) electrons. The largest absolute Gasteiger partial charge is 0.332 e. The van der Waals surface area contributed by atoms with Crippen LogP contribution in [-0.2, 0) is 6.42 Å². The number of benzene rings is 2. The Hall–Kier alpha value is -2.59. The van der Waals surface area contributed by atoms with Crippen molar-refractivity contribution >= 4 is 68.4 Å². The van der Waals surface area contributed by atoms with Crippen molar-refractivity contribution in [2.45, 2.75) is 13.3 Å². The van der Waals surface area contributed by atoms with Crippen molar-refractivity contribution in [1.82, 2.24) is 25.1 Å². The molecule has 0 spiro atoms. The number of fused-ring (bicyclic) bond motifs is 1. The van der Waals surface area contributed by atoms with Crippen LogP contribution in [0.2, 0.25) is 10.0 Å². The zero-order valence-electron chi connectivity index (χ0n) is 15.5. The predicted molar refractivity (Wildman–Crippen MR) is 124 cm³/mol. The van der Waals surface area contributed by atoms with E-state index in [1.54, 1.807) is 16.6 Å². The van der Waals surface area contributed by atoms with Crippen LogP contribution in [0.1, 0.15) is 23.1 Å². The molecule has 11 heteroatoms. The summed E-state index contributed by atoms with van der Waals surface area (Å²) in [6.07, 6.45) is 0.761. The van der Waals surface area contributed by atoms with Crippen LogP contribution >= 0.6 is 46.8 Å². The van der Waals surface area contributed by atoms with Gasteiger partial charge in [-0.25, -0.2) is 0 Å². The average Bonchev–Trinajstić information content (AvgIpc) is 3.31. The van der Waals surface area contributed by atoms with Crippen molar-refractivity contribution in [3.8, 4) is 10.6 Å². The molecule has 0 aliphatic carbocycles. The van der Waals surface area contributed by atoms with Gasteiger partial charge in [0, 0.05) is 22.7 Å². The first-order valence-corrected chi connectivity index (χ1v) is 10.8. The van der Waals surface area contributed by atoms with Crippen molar-refractivity contribution < 1.29 is 4.79 Å². The summed E-state index contributed by atoms with van der Waals surface area (Å²) in [7, 11) is 0. The third kappa shape index (κ3) is 4.29. The Kier molecular flexibility index (Phi) is 5.96. The van der Waals surface area contributed by atoms with Crippen LogP contribution in [0.5, 0.6) is 0 Å². The lowest BCUT2D eigenvalue weighted by molar-refractivity contribution is 0.0978. The molecular formula is C19H14Cl2N6OS2. The van der Waals surface area contributed by atoms with E-state index in [0.29, 0.717) is 10.0 Å². The number of hydrogen-bond donors (Lipinski definition) is 2. The van der Waals surface area contributed by atoms with E-state index >= 15 is 0 Å². The minimum atomic E-state index is -0.442. The van der Waals surface area contributed by atoms with Gasteiger partial charge in [0.2, 0.25) is 4.96 Å². The summed E-state index contributed by atoms with van der Waals surface area (Å²) in [4.78, 5) is 13.1. The number of thiocarbonyl (C=S) groups is 1. The average molecular weight is 477 g/mol. The van der Waals surface area contributed by atoms with Crippen molar-refractivity contribution in [3.05, 3.63) is 63.9 Å². The van der Waals surface area contributed by atoms with Gasteiger partial charge in [0.1, 0.15) is 5.01 Å². The summed E-state index contributed by atoms with van der Waals surface area (Å²) < 4.78 is 1.76. The maximum absolute atomic E-state index is 12.4. The number of halogens is 2. The van der Waals surface area contributed by atoms with Crippen molar-refractivity contribution in [1.29, 1.82) is 0 Å². The van der Waals surface area contributed by atoms with Crippen LogP contribution < -0.4 is 10.6 Å². The highest BCUT2D eigenvalue weighted by Crippen LogP contribution is 2.26. The monoisotopic (exact) mass is 476 g/mol. The molecule has 152 valence electrons. The number of aromatic nitrogens is 4. The molecule has 0 unspecified atom stereocenters. The minimum Gasteiger partial charge on any atom is -0.332 e. The van der Waals surface area contributed by atoms with E-state index in [1.165, 1.54) is 17.4 Å². The summed E-state index contributed by atoms with van der Waals surface area (Å²) in [5.74, 6) is 0.384. The number of rotatable bonds is 4. The lowest BCUT2D eigenvalue weighted by Crippen LogP contribution is -2.34. The van der Waals surface area contributed by atoms with Gasteiger partial charge in [-0.2, -0.15) is 9.61 Å². The number of carbonyl (C=O) groups is 1. The smallest absolute Gasteiger partial charge is 0.258 e. The van der Waals surface area contributed by atoms with E-state index in [0.717, 1.165) is 33.5 Å². The number of hydrogen-bond acceptors (Lipinski definition) is 6. The molecule has 4 aromatic rings. The molecule has 0 atom stereocenters. The summed E-state index contributed by atoms with van der Waals surface area (Å²) in [5, 5.41) is 20.1. The molecule has 0 fully saturated rings. The molecule has 0 bridgehead atoms. The summed E-state index contributed by atoms with van der Waals surface area (Å²) in [6, 6.07) is 12.2. The fourth-order valence-corrected chi connectivity index (χ4v) is 4.14. The molecule has 0 aliphatic rings. The lowest BCUT2D eigenvalue weighted by atomic mass is 10.2. The topological polar surface area (TPSA) is 84.2 Å². The van der Waals surface area contributed by atoms with Gasteiger partial charge in [-0.3, -0.25) is 10.1 Å². The molecule has 4 rings (SSSR count). The predicted octanol–water partition coefficient (Wildman–Crippen LogP) is 4.85. The Morgan fingerprint density at radius 2 is 1.93 bits per heavy atom. The number of aryl methyl sites for hydroxylation is 1. The molecule has 2 heterocycles. The van der Waals surface area contributed by atoms with E-state index in [-0.39, 0.29) is 10.7 Å². The standard InChI is InChI=1S/C19H14Cl2N6OS2/c1-2-15-24-25-19-27(15)26-17(30-19)10-3-6-12(7-4-10)22-18(29)23-16(28)13-9-11(20)5-8-14(13)21/h3-9H,2H2,1H3,(H2,22,23,28,29). The van der Waals surface area contributed by atoms with Crippen LogP contribution in [0.3, 0.4) is 0 Å². The molecule has 7 nitrogen and oxygen atoms in total. The van der Waals surface area contributed by atoms with Gasteiger partial charge in [0.15, 0.2) is 10.9 Å². The van der Waals surface area contributed by atoms with Gasteiger partial charge < -0.3 is 5.32 Å². The number of anilines is 1. The van der Waals surface area contributed by atoms with Gasteiger partial charge in [-0.1, -0.05) is 41.5 Å². The van der Waals surface area contributed by atoms with Crippen LogP contribution in [0.15, 0.2) is 42.5 Å². The fraction of sp³-hybridized carbons (Fsp3) is 0.105. The summed E-state index contributed by atoms with van der Waals surface area (Å²) >= 11 is 18.7. The van der Waals surface area contributed by atoms with E-state index in [9.17, 15) is 4.79 Å². The Morgan fingerprint density at radius 1 is 1.17 bits per heavy atom. The van der Waals surface area contributed by atoms with Gasteiger partial charge in [0.25, 0.3) is 5.91 Å². The summed E-state index contributed by atoms with van der Waals surface area (Å²) in [5.41, 5.74) is 1.91. The van der Waals surface area contributed by atoms with E-state index in [1.807, 2.05) is 31.2 Å². The number of nitrogens with one attached hydrogen (secondary N) is 2. The van der Waals surface area contributed by atoms with Crippen LogP contribution in [0.25, 0.3) is 15.5 Å². The van der Waals surface area contributed by atoms with Gasteiger partial charge in [0.05, 0.1) is 10.6 Å². The maximum Gasteiger partial charge on any atom is 0.258 e.